The Hall–Kier alpha value is 0.217. The van der Waals surface area contributed by atoms with E-state index in [0.29, 0.717) is 5.04 Å². The number of rotatable bonds is 1. The van der Waals surface area contributed by atoms with Crippen LogP contribution < -0.4 is 0 Å². The van der Waals surface area contributed by atoms with E-state index in [9.17, 15) is 0 Å². The van der Waals surface area contributed by atoms with E-state index >= 15 is 0 Å². The van der Waals surface area contributed by atoms with E-state index in [1.165, 1.54) is 6.04 Å². The fourth-order valence-corrected chi connectivity index (χ4v) is 1.84. The Morgan fingerprint density at radius 2 is 1.62 bits per heavy atom. The van der Waals surface area contributed by atoms with Crippen LogP contribution in [0.4, 0.5) is 0 Å². The molecule has 0 saturated heterocycles. The lowest BCUT2D eigenvalue weighted by Gasteiger charge is -2.24. The van der Waals surface area contributed by atoms with Crippen LogP contribution >= 0.6 is 0 Å². The van der Waals surface area contributed by atoms with Gasteiger partial charge in [-0.05, 0) is 5.04 Å². The van der Waals surface area contributed by atoms with Crippen LogP contribution in [-0.4, -0.2) is 8.80 Å². The summed E-state index contributed by atoms with van der Waals surface area (Å²) in [6, 6.07) is 1.43. The summed E-state index contributed by atoms with van der Waals surface area (Å²) in [6.07, 6.45) is 0. The highest BCUT2D eigenvalue weighted by molar-refractivity contribution is 6.60. The van der Waals surface area contributed by atoms with Crippen LogP contribution in [0.15, 0.2) is 0 Å². The summed E-state index contributed by atoms with van der Waals surface area (Å²) < 4.78 is 0. The third-order valence-corrected chi connectivity index (χ3v) is 6.27. The Morgan fingerprint density at radius 1 is 1.25 bits per heavy atom. The summed E-state index contributed by atoms with van der Waals surface area (Å²) in [5.74, 6) is 0. The quantitative estimate of drug-likeness (QED) is 0.479. The van der Waals surface area contributed by atoms with E-state index < -0.39 is 0 Å². The molecule has 0 fully saturated rings. The maximum atomic E-state index is 2.44. The minimum absolute atomic E-state index is 0.370. The molecule has 0 aliphatic rings. The van der Waals surface area contributed by atoms with Crippen LogP contribution in [0.2, 0.25) is 17.6 Å². The molecule has 0 aromatic heterocycles. The molecule has 0 nitrogen and oxygen atoms in total. The zero-order chi connectivity index (χ0) is 6.78. The van der Waals surface area contributed by atoms with E-state index in [1.807, 2.05) is 0 Å². The van der Waals surface area contributed by atoms with Crippen molar-refractivity contribution in [2.45, 2.75) is 45.3 Å². The van der Waals surface area contributed by atoms with Gasteiger partial charge in [-0.25, -0.2) is 0 Å². The predicted octanol–water partition coefficient (Wildman–Crippen LogP) is 2.66. The largest absolute Gasteiger partial charge is 0.0716 e. The van der Waals surface area contributed by atoms with Gasteiger partial charge in [0.15, 0.2) is 0 Å². The molecule has 0 bridgehead atoms. The van der Waals surface area contributed by atoms with Crippen molar-refractivity contribution >= 4 is 8.80 Å². The van der Waals surface area contributed by atoms with Gasteiger partial charge in [-0.3, -0.25) is 0 Å². The van der Waals surface area contributed by atoms with E-state index in [1.54, 1.807) is 0 Å². The summed E-state index contributed by atoms with van der Waals surface area (Å²) in [6.45, 7) is 11.8. The molecular weight excluding hydrogens is 112 g/mol. The molecule has 0 amide bonds. The highest BCUT2D eigenvalue weighted by atomic mass is 28.3. The van der Waals surface area contributed by atoms with Gasteiger partial charge < -0.3 is 0 Å². The predicted molar refractivity (Wildman–Crippen MR) is 43.2 cm³/mol. The standard InChI is InChI=1S/C7H18Si/c1-6-8(5)7(2,3)4/h8H,6H2,1-5H3. The van der Waals surface area contributed by atoms with Gasteiger partial charge >= 0.3 is 0 Å². The SMILES string of the molecule is CC[SiH](C)C(C)(C)C. The Bertz CT molecular complexity index is 61.3. The molecule has 0 spiro atoms. The summed E-state index contributed by atoms with van der Waals surface area (Å²) in [5.41, 5.74) is 0. The smallest absolute Gasteiger partial charge is 0.0389 e. The van der Waals surface area contributed by atoms with Crippen LogP contribution in [0.1, 0.15) is 27.7 Å². The second-order valence-electron chi connectivity index (χ2n) is 3.68. The molecular formula is C7H18Si. The van der Waals surface area contributed by atoms with Gasteiger partial charge in [0.05, 0.1) is 0 Å². The first-order valence-electron chi connectivity index (χ1n) is 3.48. The number of hydrogen-bond acceptors (Lipinski definition) is 0. The molecule has 1 heteroatoms. The van der Waals surface area contributed by atoms with Crippen LogP contribution in [0, 0.1) is 0 Å². The first-order chi connectivity index (χ1) is 3.48. The summed E-state index contributed by atoms with van der Waals surface area (Å²) in [5, 5.41) is 0.648. The van der Waals surface area contributed by atoms with Crippen molar-refractivity contribution in [3.63, 3.8) is 0 Å². The fourth-order valence-electron chi connectivity index (χ4n) is 0.612. The van der Waals surface area contributed by atoms with Crippen molar-refractivity contribution in [3.8, 4) is 0 Å². The van der Waals surface area contributed by atoms with Crippen molar-refractivity contribution in [2.75, 3.05) is 0 Å². The monoisotopic (exact) mass is 130 g/mol. The third kappa shape index (κ3) is 2.51. The molecule has 1 unspecified atom stereocenters. The maximum absolute atomic E-state index is 2.44. The Labute approximate surface area is 54.9 Å². The van der Waals surface area contributed by atoms with Gasteiger partial charge in [0.2, 0.25) is 0 Å². The van der Waals surface area contributed by atoms with Gasteiger partial charge in [0.1, 0.15) is 0 Å². The highest BCUT2D eigenvalue weighted by Gasteiger charge is 2.18. The zero-order valence-electron chi connectivity index (χ0n) is 6.78. The van der Waals surface area contributed by atoms with Crippen LogP contribution in [0.25, 0.3) is 0 Å². The molecule has 0 radical (unpaired) electrons. The first kappa shape index (κ1) is 8.22. The molecule has 0 saturated carbocycles. The van der Waals surface area contributed by atoms with E-state index in [0.717, 1.165) is 0 Å². The van der Waals surface area contributed by atoms with E-state index in [4.69, 9.17) is 0 Å². The Morgan fingerprint density at radius 3 is 1.62 bits per heavy atom. The van der Waals surface area contributed by atoms with Crippen LogP contribution in [0.5, 0.6) is 0 Å². The van der Waals surface area contributed by atoms with Gasteiger partial charge in [-0.15, -0.1) is 0 Å². The Balaban J connectivity index is 3.62. The molecule has 1 atom stereocenters. The van der Waals surface area contributed by atoms with Crippen molar-refractivity contribution in [3.05, 3.63) is 0 Å². The lowest BCUT2D eigenvalue weighted by Crippen LogP contribution is -2.19. The molecule has 0 aromatic rings. The van der Waals surface area contributed by atoms with Gasteiger partial charge in [-0.2, -0.15) is 0 Å². The maximum Gasteiger partial charge on any atom is 0.0389 e. The second-order valence-corrected chi connectivity index (χ2v) is 8.03. The molecule has 0 N–H and O–H groups in total. The van der Waals surface area contributed by atoms with E-state index in [-0.39, 0.29) is 8.80 Å². The summed E-state index contributed by atoms with van der Waals surface area (Å²) >= 11 is 0. The second kappa shape index (κ2) is 2.67. The first-order valence-corrected chi connectivity index (χ1v) is 6.03. The molecule has 50 valence electrons. The van der Waals surface area contributed by atoms with E-state index in [2.05, 4.69) is 34.2 Å². The molecule has 8 heavy (non-hydrogen) atoms. The number of hydrogen-bond donors (Lipinski definition) is 0. The van der Waals surface area contributed by atoms with Gasteiger partial charge in [-0.1, -0.05) is 40.3 Å². The van der Waals surface area contributed by atoms with Crippen molar-refractivity contribution in [1.29, 1.82) is 0 Å². The zero-order valence-corrected chi connectivity index (χ0v) is 7.94. The van der Waals surface area contributed by atoms with Crippen LogP contribution in [-0.2, 0) is 0 Å². The lowest BCUT2D eigenvalue weighted by atomic mass is 10.2. The Kier molecular flexibility index (Phi) is 2.74. The molecule has 0 heterocycles. The normalized spacial score (nSPS) is 16.1. The lowest BCUT2D eigenvalue weighted by molar-refractivity contribution is 0.735. The van der Waals surface area contributed by atoms with Crippen molar-refractivity contribution in [2.24, 2.45) is 0 Å². The van der Waals surface area contributed by atoms with Crippen LogP contribution in [0.3, 0.4) is 0 Å². The van der Waals surface area contributed by atoms with Gasteiger partial charge in [0.25, 0.3) is 0 Å². The van der Waals surface area contributed by atoms with Gasteiger partial charge in [0, 0.05) is 8.80 Å². The third-order valence-electron chi connectivity index (χ3n) is 2.09. The van der Waals surface area contributed by atoms with Crippen molar-refractivity contribution in [1.82, 2.24) is 0 Å². The topological polar surface area (TPSA) is 0 Å². The minimum Gasteiger partial charge on any atom is -0.0716 e. The fraction of sp³-hybridized carbons (Fsp3) is 1.00. The highest BCUT2D eigenvalue weighted by Crippen LogP contribution is 2.28. The summed E-state index contributed by atoms with van der Waals surface area (Å²) in [7, 11) is -0.370. The average Bonchev–Trinajstić information content (AvgIpc) is 1.62. The molecule has 0 aliphatic carbocycles. The average molecular weight is 130 g/mol. The molecule has 0 rings (SSSR count). The van der Waals surface area contributed by atoms with Crippen molar-refractivity contribution < 1.29 is 0 Å². The molecule has 0 aliphatic heterocycles. The molecule has 0 aromatic carbocycles. The summed E-state index contributed by atoms with van der Waals surface area (Å²) in [4.78, 5) is 0. The minimum atomic E-state index is -0.370.